The minimum atomic E-state index is -0.255. The first kappa shape index (κ1) is 7.67. The molecule has 6 nitrogen and oxygen atoms in total. The van der Waals surface area contributed by atoms with Crippen molar-refractivity contribution < 1.29 is 9.74 Å². The minimum absolute atomic E-state index is 0.204. The van der Waals surface area contributed by atoms with Crippen molar-refractivity contribution in [2.45, 2.75) is 6.61 Å². The Morgan fingerprint density at radius 2 is 2.45 bits per heavy atom. The Balaban J connectivity index is 3.02. The van der Waals surface area contributed by atoms with Crippen LogP contribution >= 0.6 is 0 Å². The van der Waals surface area contributed by atoms with Gasteiger partial charge in [0.05, 0.1) is 6.61 Å². The second-order valence-corrected chi connectivity index (χ2v) is 1.83. The molecular formula is C5H8N4O2. The van der Waals surface area contributed by atoms with Gasteiger partial charge in [-0.3, -0.25) is 4.99 Å². The molecule has 1 aromatic heterocycles. The fraction of sp³-hybridized carbons (Fsp3) is 0.400. The molecule has 0 unspecified atom stereocenters. The predicted molar refractivity (Wildman–Crippen MR) is 36.9 cm³/mol. The van der Waals surface area contributed by atoms with Crippen molar-refractivity contribution in [2.75, 3.05) is 7.05 Å². The van der Waals surface area contributed by atoms with Crippen LogP contribution in [0.1, 0.15) is 11.4 Å². The summed E-state index contributed by atoms with van der Waals surface area (Å²) in [6, 6.07) is 0. The number of hydrogen-bond acceptors (Lipinski definition) is 5. The Morgan fingerprint density at radius 3 is 3.00 bits per heavy atom. The molecule has 6 heteroatoms. The Labute approximate surface area is 62.7 Å². The maximum Gasteiger partial charge on any atom is 0.174 e. The van der Waals surface area contributed by atoms with E-state index in [1.165, 1.54) is 7.05 Å². The Bertz CT molecular complexity index is 267. The number of nitrogens with two attached hydrogens (primary N) is 1. The minimum Gasteiger partial charge on any atom is -0.390 e. The van der Waals surface area contributed by atoms with Crippen molar-refractivity contribution in [1.82, 2.24) is 10.3 Å². The molecule has 0 aliphatic rings. The fourth-order valence-electron chi connectivity index (χ4n) is 0.611. The summed E-state index contributed by atoms with van der Waals surface area (Å²) in [5.41, 5.74) is 5.99. The summed E-state index contributed by atoms with van der Waals surface area (Å²) in [4.78, 5) is 3.66. The number of aliphatic hydroxyl groups excluding tert-OH is 1. The van der Waals surface area contributed by atoms with Crippen LogP contribution in [0.5, 0.6) is 0 Å². The van der Waals surface area contributed by atoms with Gasteiger partial charge in [-0.1, -0.05) is 5.16 Å². The lowest BCUT2D eigenvalue weighted by Gasteiger charge is -1.91. The van der Waals surface area contributed by atoms with Crippen LogP contribution in [0.15, 0.2) is 9.62 Å². The van der Waals surface area contributed by atoms with Gasteiger partial charge in [0, 0.05) is 7.05 Å². The lowest BCUT2D eigenvalue weighted by molar-refractivity contribution is 0.254. The second kappa shape index (κ2) is 3.11. The maximum absolute atomic E-state index is 8.68. The van der Waals surface area contributed by atoms with E-state index in [0.29, 0.717) is 11.4 Å². The zero-order chi connectivity index (χ0) is 8.27. The van der Waals surface area contributed by atoms with E-state index in [2.05, 4.69) is 19.9 Å². The van der Waals surface area contributed by atoms with E-state index in [1.807, 2.05) is 0 Å². The van der Waals surface area contributed by atoms with Gasteiger partial charge in [0.2, 0.25) is 0 Å². The molecule has 0 atom stereocenters. The molecule has 0 aliphatic carbocycles. The van der Waals surface area contributed by atoms with Gasteiger partial charge >= 0.3 is 0 Å². The number of hydrogen-bond donors (Lipinski definition) is 2. The van der Waals surface area contributed by atoms with Gasteiger partial charge < -0.3 is 10.8 Å². The number of aliphatic imine (C=N–C) groups is 1. The number of aromatic nitrogens is 2. The average Bonchev–Trinajstić information content (AvgIpc) is 2.50. The monoisotopic (exact) mass is 156 g/mol. The summed E-state index contributed by atoms with van der Waals surface area (Å²) in [7, 11) is 1.52. The number of nitrogens with zero attached hydrogens (tertiary/aromatic N) is 3. The van der Waals surface area contributed by atoms with Gasteiger partial charge in [-0.2, -0.15) is 0 Å². The molecule has 0 aliphatic heterocycles. The summed E-state index contributed by atoms with van der Waals surface area (Å²) >= 11 is 0. The van der Waals surface area contributed by atoms with Crippen molar-refractivity contribution >= 4 is 5.84 Å². The fourth-order valence-corrected chi connectivity index (χ4v) is 0.611. The number of aliphatic hydroxyl groups is 1. The predicted octanol–water partition coefficient (Wildman–Crippen LogP) is -1.10. The quantitative estimate of drug-likeness (QED) is 0.418. The Hall–Kier alpha value is -1.43. The van der Waals surface area contributed by atoms with Gasteiger partial charge in [0.1, 0.15) is 11.5 Å². The van der Waals surface area contributed by atoms with Crippen LogP contribution < -0.4 is 5.73 Å². The highest BCUT2D eigenvalue weighted by Crippen LogP contribution is 2.00. The summed E-state index contributed by atoms with van der Waals surface area (Å²) in [6.45, 7) is -0.255. The summed E-state index contributed by atoms with van der Waals surface area (Å²) in [5.74, 6) is 0.204. The molecule has 1 rings (SSSR count). The van der Waals surface area contributed by atoms with E-state index >= 15 is 0 Å². The smallest absolute Gasteiger partial charge is 0.174 e. The first-order valence-electron chi connectivity index (χ1n) is 2.94. The van der Waals surface area contributed by atoms with Crippen LogP contribution in [0.25, 0.3) is 0 Å². The number of rotatable bonds is 2. The van der Waals surface area contributed by atoms with E-state index in [1.54, 1.807) is 0 Å². The molecule has 0 bridgehead atoms. The van der Waals surface area contributed by atoms with E-state index in [-0.39, 0.29) is 12.4 Å². The van der Waals surface area contributed by atoms with E-state index in [4.69, 9.17) is 10.8 Å². The molecule has 1 heterocycles. The highest BCUT2D eigenvalue weighted by Gasteiger charge is 2.11. The molecule has 0 aromatic carbocycles. The van der Waals surface area contributed by atoms with Crippen molar-refractivity contribution in [3.8, 4) is 0 Å². The highest BCUT2D eigenvalue weighted by atomic mass is 16.6. The van der Waals surface area contributed by atoms with Crippen molar-refractivity contribution in [3.63, 3.8) is 0 Å². The van der Waals surface area contributed by atoms with E-state index < -0.39 is 0 Å². The first-order chi connectivity index (χ1) is 5.29. The molecule has 0 saturated heterocycles. The molecule has 0 amide bonds. The third-order valence-corrected chi connectivity index (χ3v) is 1.19. The third kappa shape index (κ3) is 1.35. The van der Waals surface area contributed by atoms with Crippen LogP contribution in [0.4, 0.5) is 0 Å². The molecule has 0 fully saturated rings. The maximum atomic E-state index is 8.68. The number of amidine groups is 1. The molecular weight excluding hydrogens is 148 g/mol. The standard InChI is InChI=1S/C5H8N4O2/c1-7-5(6)4-3(2-10)8-11-9-4/h10H,2H2,1H3,(H2,6,7). The average molecular weight is 156 g/mol. The third-order valence-electron chi connectivity index (χ3n) is 1.19. The van der Waals surface area contributed by atoms with E-state index in [9.17, 15) is 0 Å². The zero-order valence-electron chi connectivity index (χ0n) is 5.98. The molecule has 3 N–H and O–H groups in total. The van der Waals surface area contributed by atoms with Crippen molar-refractivity contribution in [3.05, 3.63) is 11.4 Å². The van der Waals surface area contributed by atoms with Crippen LogP contribution in [0.3, 0.4) is 0 Å². The zero-order valence-corrected chi connectivity index (χ0v) is 5.98. The van der Waals surface area contributed by atoms with Crippen molar-refractivity contribution in [1.29, 1.82) is 0 Å². The molecule has 0 radical (unpaired) electrons. The molecule has 0 spiro atoms. The van der Waals surface area contributed by atoms with Gasteiger partial charge in [-0.15, -0.1) is 0 Å². The Kier molecular flexibility index (Phi) is 2.17. The van der Waals surface area contributed by atoms with Crippen molar-refractivity contribution in [2.24, 2.45) is 10.7 Å². The second-order valence-electron chi connectivity index (χ2n) is 1.83. The largest absolute Gasteiger partial charge is 0.390 e. The summed E-state index contributed by atoms with van der Waals surface area (Å²) in [6.07, 6.45) is 0. The van der Waals surface area contributed by atoms with Gasteiger partial charge in [0.25, 0.3) is 0 Å². The first-order valence-corrected chi connectivity index (χ1v) is 2.94. The SMILES string of the molecule is CN=C(N)c1nonc1CO. The lowest BCUT2D eigenvalue weighted by Crippen LogP contribution is -2.15. The summed E-state index contributed by atoms with van der Waals surface area (Å²) in [5, 5.41) is 15.5. The topological polar surface area (TPSA) is 97.5 Å². The normalized spacial score (nSPS) is 12.0. The van der Waals surface area contributed by atoms with Gasteiger partial charge in [0.15, 0.2) is 5.69 Å². The van der Waals surface area contributed by atoms with Crippen LogP contribution in [-0.4, -0.2) is 28.3 Å². The molecule has 1 aromatic rings. The van der Waals surface area contributed by atoms with Gasteiger partial charge in [-0.05, 0) is 5.16 Å². The lowest BCUT2D eigenvalue weighted by atomic mass is 10.3. The Morgan fingerprint density at radius 1 is 1.73 bits per heavy atom. The highest BCUT2D eigenvalue weighted by molar-refractivity contribution is 5.96. The van der Waals surface area contributed by atoms with E-state index in [0.717, 1.165) is 0 Å². The van der Waals surface area contributed by atoms with Crippen LogP contribution in [-0.2, 0) is 6.61 Å². The van der Waals surface area contributed by atoms with Crippen LogP contribution in [0, 0.1) is 0 Å². The molecule has 0 saturated carbocycles. The van der Waals surface area contributed by atoms with Crippen LogP contribution in [0.2, 0.25) is 0 Å². The molecule has 60 valence electrons. The molecule has 11 heavy (non-hydrogen) atoms. The summed E-state index contributed by atoms with van der Waals surface area (Å²) < 4.78 is 4.34. The van der Waals surface area contributed by atoms with Gasteiger partial charge in [-0.25, -0.2) is 4.63 Å².